The zero-order valence-electron chi connectivity index (χ0n) is 18.7. The fourth-order valence-corrected chi connectivity index (χ4v) is 4.46. The van der Waals surface area contributed by atoms with Crippen molar-refractivity contribution in [1.82, 2.24) is 20.0 Å². The molecule has 3 heterocycles. The van der Waals surface area contributed by atoms with Gasteiger partial charge < -0.3 is 19.4 Å². The number of nitrogens with zero attached hydrogens (tertiary/aromatic N) is 4. The maximum Gasteiger partial charge on any atom is 0.410 e. The van der Waals surface area contributed by atoms with Gasteiger partial charge in [-0.2, -0.15) is 5.10 Å². The number of carbonyl (C=O) groups excluding carboxylic acids is 2. The van der Waals surface area contributed by atoms with Crippen LogP contribution in [0.25, 0.3) is 0 Å². The van der Waals surface area contributed by atoms with Gasteiger partial charge in [-0.15, -0.1) is 0 Å². The minimum Gasteiger partial charge on any atom is -0.444 e. The molecule has 2 amide bonds. The summed E-state index contributed by atoms with van der Waals surface area (Å²) in [5.74, 6) is 0.0980. The molecule has 1 aromatic carbocycles. The van der Waals surface area contributed by atoms with Crippen LogP contribution >= 0.6 is 0 Å². The predicted molar refractivity (Wildman–Crippen MR) is 117 cm³/mol. The number of carbonyl (C=O) groups is 2. The number of aromatic nitrogens is 2. The highest BCUT2D eigenvalue weighted by Crippen LogP contribution is 2.40. The highest BCUT2D eigenvalue weighted by atomic mass is 16.6. The molecule has 8 heteroatoms. The number of aryl methyl sites for hydroxylation is 1. The second kappa shape index (κ2) is 7.90. The Bertz CT molecular complexity index is 942. The minimum absolute atomic E-state index is 0.0980. The standard InChI is InChI=1S/C23H31N5O3/c1-17-14-18(25-24-17)15-27-16-28(19-8-6-5-7-9-19)23(20(27)29)10-12-26(13-11-23)21(30)31-22(2,3)4/h5-9,14H,10-13,15-16H2,1-4H3,(H,24,25). The van der Waals surface area contributed by atoms with Crippen molar-refractivity contribution in [3.63, 3.8) is 0 Å². The molecule has 4 rings (SSSR count). The number of nitrogens with one attached hydrogen (secondary N) is 1. The topological polar surface area (TPSA) is 81.8 Å². The Kier molecular flexibility index (Phi) is 5.41. The van der Waals surface area contributed by atoms with Gasteiger partial charge in [0.1, 0.15) is 11.1 Å². The van der Waals surface area contributed by atoms with E-state index >= 15 is 0 Å². The highest BCUT2D eigenvalue weighted by Gasteiger charge is 2.54. The Morgan fingerprint density at radius 2 is 1.87 bits per heavy atom. The van der Waals surface area contributed by atoms with E-state index in [1.54, 1.807) is 4.90 Å². The summed E-state index contributed by atoms with van der Waals surface area (Å²) < 4.78 is 5.54. The summed E-state index contributed by atoms with van der Waals surface area (Å²) in [7, 11) is 0. The number of hydrogen-bond acceptors (Lipinski definition) is 5. The molecule has 2 aliphatic heterocycles. The number of benzene rings is 1. The second-order valence-corrected chi connectivity index (χ2v) is 9.45. The maximum absolute atomic E-state index is 13.7. The van der Waals surface area contributed by atoms with Crippen molar-refractivity contribution < 1.29 is 14.3 Å². The number of amides is 2. The van der Waals surface area contributed by atoms with Gasteiger partial charge in [-0.25, -0.2) is 4.79 Å². The SMILES string of the molecule is Cc1cc(CN2CN(c3ccccc3)C3(CCN(C(=O)OC(C)(C)C)CC3)C2=O)n[nH]1. The summed E-state index contributed by atoms with van der Waals surface area (Å²) in [5.41, 5.74) is 1.64. The number of rotatable bonds is 3. The van der Waals surface area contributed by atoms with E-state index in [-0.39, 0.29) is 12.0 Å². The van der Waals surface area contributed by atoms with Crippen LogP contribution in [0.15, 0.2) is 36.4 Å². The van der Waals surface area contributed by atoms with Gasteiger partial charge in [0.05, 0.1) is 18.9 Å². The zero-order chi connectivity index (χ0) is 22.2. The van der Waals surface area contributed by atoms with Crippen molar-refractivity contribution in [1.29, 1.82) is 0 Å². The van der Waals surface area contributed by atoms with Gasteiger partial charge >= 0.3 is 6.09 Å². The molecule has 2 fully saturated rings. The first-order chi connectivity index (χ1) is 14.7. The van der Waals surface area contributed by atoms with E-state index in [0.717, 1.165) is 17.1 Å². The number of anilines is 1. The number of likely N-dealkylation sites (tertiary alicyclic amines) is 1. The number of hydrogen-bond donors (Lipinski definition) is 1. The van der Waals surface area contributed by atoms with Crippen molar-refractivity contribution >= 4 is 17.7 Å². The third-order valence-electron chi connectivity index (χ3n) is 5.94. The summed E-state index contributed by atoms with van der Waals surface area (Å²) >= 11 is 0. The summed E-state index contributed by atoms with van der Waals surface area (Å²) in [4.78, 5) is 32.0. The van der Waals surface area contributed by atoms with Gasteiger partial charge in [0.2, 0.25) is 5.91 Å². The molecular formula is C23H31N5O3. The average Bonchev–Trinajstić information content (AvgIpc) is 3.24. The first kappa shape index (κ1) is 21.2. The van der Waals surface area contributed by atoms with Crippen LogP contribution in [0.3, 0.4) is 0 Å². The number of ether oxygens (including phenoxy) is 1. The van der Waals surface area contributed by atoms with Crippen LogP contribution in [0.5, 0.6) is 0 Å². The molecule has 0 radical (unpaired) electrons. The summed E-state index contributed by atoms with van der Waals surface area (Å²) in [6.45, 7) is 9.48. The lowest BCUT2D eigenvalue weighted by Gasteiger charge is -2.43. The van der Waals surface area contributed by atoms with E-state index in [1.807, 2.05) is 69.0 Å². The number of para-hydroxylation sites is 1. The van der Waals surface area contributed by atoms with E-state index in [1.165, 1.54) is 0 Å². The Morgan fingerprint density at radius 3 is 2.45 bits per heavy atom. The zero-order valence-corrected chi connectivity index (χ0v) is 18.7. The van der Waals surface area contributed by atoms with Crippen molar-refractivity contribution in [3.05, 3.63) is 47.8 Å². The Morgan fingerprint density at radius 1 is 1.19 bits per heavy atom. The first-order valence-corrected chi connectivity index (χ1v) is 10.8. The van der Waals surface area contributed by atoms with Crippen molar-refractivity contribution in [2.75, 3.05) is 24.7 Å². The molecule has 31 heavy (non-hydrogen) atoms. The predicted octanol–water partition coefficient (Wildman–Crippen LogP) is 3.29. The van der Waals surface area contributed by atoms with Crippen LogP contribution in [-0.4, -0.2) is 62.9 Å². The minimum atomic E-state index is -0.661. The van der Waals surface area contributed by atoms with E-state index < -0.39 is 11.1 Å². The van der Waals surface area contributed by atoms with Crippen LogP contribution in [0, 0.1) is 6.92 Å². The molecule has 0 bridgehead atoms. The summed E-state index contributed by atoms with van der Waals surface area (Å²) in [6.07, 6.45) is 0.814. The molecule has 0 aliphatic carbocycles. The molecule has 0 atom stereocenters. The van der Waals surface area contributed by atoms with Gasteiger partial charge in [0.15, 0.2) is 0 Å². The lowest BCUT2D eigenvalue weighted by molar-refractivity contribution is -0.134. The Hall–Kier alpha value is -3.03. The normalized spacial score (nSPS) is 18.7. The van der Waals surface area contributed by atoms with Crippen LogP contribution in [-0.2, 0) is 16.1 Å². The fraction of sp³-hybridized carbons (Fsp3) is 0.522. The highest BCUT2D eigenvalue weighted by molar-refractivity contribution is 5.93. The van der Waals surface area contributed by atoms with Gasteiger partial charge in [-0.1, -0.05) is 18.2 Å². The monoisotopic (exact) mass is 425 g/mol. The van der Waals surface area contributed by atoms with Crippen LogP contribution in [0.1, 0.15) is 45.0 Å². The summed E-state index contributed by atoms with van der Waals surface area (Å²) in [5, 5.41) is 7.26. The quantitative estimate of drug-likeness (QED) is 0.816. The summed E-state index contributed by atoms with van der Waals surface area (Å²) in [6, 6.07) is 12.0. The molecule has 0 saturated carbocycles. The maximum atomic E-state index is 13.7. The largest absolute Gasteiger partial charge is 0.444 e. The Labute approximate surface area is 183 Å². The van der Waals surface area contributed by atoms with Crippen molar-refractivity contribution in [3.8, 4) is 0 Å². The van der Waals surface area contributed by atoms with Crippen molar-refractivity contribution in [2.24, 2.45) is 0 Å². The molecule has 0 unspecified atom stereocenters. The van der Waals surface area contributed by atoms with Gasteiger partial charge in [-0.05, 0) is 58.7 Å². The molecule has 1 spiro atoms. The molecule has 2 aromatic rings. The lowest BCUT2D eigenvalue weighted by Crippen LogP contribution is -2.57. The van der Waals surface area contributed by atoms with Crippen molar-refractivity contribution in [2.45, 2.75) is 58.2 Å². The molecule has 1 N–H and O–H groups in total. The van der Waals surface area contributed by atoms with E-state index in [4.69, 9.17) is 4.74 Å². The van der Waals surface area contributed by atoms with E-state index in [0.29, 0.717) is 39.1 Å². The van der Waals surface area contributed by atoms with Crippen LogP contribution in [0.4, 0.5) is 10.5 Å². The van der Waals surface area contributed by atoms with Crippen LogP contribution in [0.2, 0.25) is 0 Å². The molecule has 2 aliphatic rings. The third kappa shape index (κ3) is 4.24. The fourth-order valence-electron chi connectivity index (χ4n) is 4.46. The molecular weight excluding hydrogens is 394 g/mol. The smallest absolute Gasteiger partial charge is 0.410 e. The van der Waals surface area contributed by atoms with Gasteiger partial charge in [-0.3, -0.25) is 9.89 Å². The molecule has 2 saturated heterocycles. The van der Waals surface area contributed by atoms with Gasteiger partial charge in [0.25, 0.3) is 0 Å². The van der Waals surface area contributed by atoms with E-state index in [9.17, 15) is 9.59 Å². The first-order valence-electron chi connectivity index (χ1n) is 10.8. The van der Waals surface area contributed by atoms with E-state index in [2.05, 4.69) is 15.1 Å². The molecule has 8 nitrogen and oxygen atoms in total. The van der Waals surface area contributed by atoms with Gasteiger partial charge in [0, 0.05) is 24.5 Å². The Balaban J connectivity index is 1.56. The number of H-pyrrole nitrogens is 1. The average molecular weight is 426 g/mol. The second-order valence-electron chi connectivity index (χ2n) is 9.45. The molecule has 1 aromatic heterocycles. The lowest BCUT2D eigenvalue weighted by atomic mass is 9.85. The van der Waals surface area contributed by atoms with Crippen LogP contribution < -0.4 is 4.90 Å². The number of aromatic amines is 1. The molecule has 166 valence electrons. The number of piperidine rings is 1. The third-order valence-corrected chi connectivity index (χ3v) is 5.94.